The van der Waals surface area contributed by atoms with Gasteiger partial charge in [-0.25, -0.2) is 0 Å². The Labute approximate surface area is 222 Å². The van der Waals surface area contributed by atoms with Gasteiger partial charge < -0.3 is 23.7 Å². The van der Waals surface area contributed by atoms with Gasteiger partial charge in [0.1, 0.15) is 5.60 Å². The van der Waals surface area contributed by atoms with Gasteiger partial charge in [-0.15, -0.1) is 0 Å². The molecule has 0 aromatic carbocycles. The third-order valence-corrected chi connectivity index (χ3v) is 9.40. The van der Waals surface area contributed by atoms with Crippen LogP contribution in [0, 0.1) is 17.8 Å². The van der Waals surface area contributed by atoms with Crippen LogP contribution in [0.25, 0.3) is 0 Å². The number of epoxide rings is 1. The number of unbranched alkanes of at least 4 members (excludes halogenated alkanes) is 2. The maximum atomic E-state index is 11.6. The van der Waals surface area contributed by atoms with Crippen molar-refractivity contribution < 1.29 is 36.3 Å². The van der Waals surface area contributed by atoms with Crippen LogP contribution in [-0.4, -0.2) is 71.0 Å². The summed E-state index contributed by atoms with van der Waals surface area (Å²) in [5.41, 5.74) is -0.468. The predicted octanol–water partition coefficient (Wildman–Crippen LogP) is 4.72. The van der Waals surface area contributed by atoms with Crippen LogP contribution >= 0.6 is 0 Å². The van der Waals surface area contributed by atoms with Gasteiger partial charge in [0.2, 0.25) is 0 Å². The molecule has 0 radical (unpaired) electrons. The summed E-state index contributed by atoms with van der Waals surface area (Å²) in [5, 5.41) is 0. The minimum atomic E-state index is -3.50. The van der Waals surface area contributed by atoms with E-state index in [1.54, 1.807) is 0 Å². The van der Waals surface area contributed by atoms with Gasteiger partial charge in [0.25, 0.3) is 10.1 Å². The summed E-state index contributed by atoms with van der Waals surface area (Å²) in [6.07, 6.45) is 18.1. The summed E-state index contributed by atoms with van der Waals surface area (Å²) < 4.78 is 59.4. The third kappa shape index (κ3) is 7.16. The fraction of sp³-hybridized carbons (Fsp3) is 0.929. The molecule has 2 saturated carbocycles. The fourth-order valence-electron chi connectivity index (χ4n) is 6.94. The van der Waals surface area contributed by atoms with Crippen LogP contribution in [0.5, 0.6) is 0 Å². The first-order chi connectivity index (χ1) is 17.9. The molecular formula is C28H46O8S. The average Bonchev–Trinajstić information content (AvgIpc) is 3.37. The molecule has 5 rings (SSSR count). The van der Waals surface area contributed by atoms with E-state index in [9.17, 15) is 8.42 Å². The molecule has 9 heteroatoms. The number of rotatable bonds is 13. The Bertz CT molecular complexity index is 865. The van der Waals surface area contributed by atoms with E-state index >= 15 is 0 Å². The Morgan fingerprint density at radius 1 is 1.03 bits per heavy atom. The molecule has 0 aromatic heterocycles. The van der Waals surface area contributed by atoms with Crippen LogP contribution in [0.15, 0.2) is 12.2 Å². The third-order valence-electron chi connectivity index (χ3n) is 8.86. The molecule has 0 aromatic rings. The normalized spacial score (nSPS) is 40.5. The Hall–Kier alpha value is -0.550. The second-order valence-corrected chi connectivity index (χ2v) is 13.4. The van der Waals surface area contributed by atoms with Crippen molar-refractivity contribution in [3.05, 3.63) is 12.2 Å². The molecule has 2 aliphatic carbocycles. The zero-order valence-corrected chi connectivity index (χ0v) is 23.4. The van der Waals surface area contributed by atoms with Crippen LogP contribution in [0.4, 0.5) is 0 Å². The van der Waals surface area contributed by atoms with Gasteiger partial charge in [-0.05, 0) is 69.6 Å². The molecule has 4 unspecified atom stereocenters. The highest BCUT2D eigenvalue weighted by molar-refractivity contribution is 7.85. The fourth-order valence-corrected chi connectivity index (χ4v) is 7.35. The van der Waals surface area contributed by atoms with Gasteiger partial charge >= 0.3 is 0 Å². The van der Waals surface area contributed by atoms with Crippen molar-refractivity contribution in [2.45, 2.75) is 120 Å². The first kappa shape index (κ1) is 28.0. The summed E-state index contributed by atoms with van der Waals surface area (Å²) in [5.74, 6) is 0.924. The Morgan fingerprint density at radius 3 is 2.46 bits per heavy atom. The number of hydrogen-bond acceptors (Lipinski definition) is 8. The van der Waals surface area contributed by atoms with Crippen molar-refractivity contribution in [1.29, 1.82) is 0 Å². The smallest absolute Gasteiger partial charge is 0.264 e. The van der Waals surface area contributed by atoms with Crippen molar-refractivity contribution in [2.24, 2.45) is 17.8 Å². The number of ether oxygens (including phenoxy) is 5. The van der Waals surface area contributed by atoms with E-state index < -0.39 is 15.7 Å². The van der Waals surface area contributed by atoms with Gasteiger partial charge in [0.05, 0.1) is 31.2 Å². The lowest BCUT2D eigenvalue weighted by atomic mass is 9.88. The van der Waals surface area contributed by atoms with Crippen molar-refractivity contribution in [3.8, 4) is 0 Å². The lowest BCUT2D eigenvalue weighted by molar-refractivity contribution is -0.193. The SMILES string of the molecule is CCCCC[C@@H](C=C[C@H]1[C@H]2CC3(COS(C)(=O)=O)OC3[C@H]2C[C@H]1OC1CCCCO1)OC1CCCCO1. The van der Waals surface area contributed by atoms with Crippen LogP contribution in [0.2, 0.25) is 0 Å². The van der Waals surface area contributed by atoms with E-state index in [0.29, 0.717) is 11.8 Å². The van der Waals surface area contributed by atoms with Crippen molar-refractivity contribution >= 4 is 10.1 Å². The zero-order chi connectivity index (χ0) is 25.9. The average molecular weight is 543 g/mol. The minimum absolute atomic E-state index is 0.0231. The molecular weight excluding hydrogens is 496 g/mol. The summed E-state index contributed by atoms with van der Waals surface area (Å²) in [6, 6.07) is 0. The lowest BCUT2D eigenvalue weighted by Crippen LogP contribution is -2.32. The molecule has 3 heterocycles. The van der Waals surface area contributed by atoms with Crippen molar-refractivity contribution in [3.63, 3.8) is 0 Å². The number of fused-ring (bicyclic) bond motifs is 3. The molecule has 5 fully saturated rings. The van der Waals surface area contributed by atoms with Gasteiger partial charge in [0.15, 0.2) is 12.6 Å². The highest BCUT2D eigenvalue weighted by Gasteiger charge is 2.71. The quantitative estimate of drug-likeness (QED) is 0.143. The minimum Gasteiger partial charge on any atom is -0.363 e. The summed E-state index contributed by atoms with van der Waals surface area (Å²) >= 11 is 0. The molecule has 5 aliphatic rings. The maximum Gasteiger partial charge on any atom is 0.264 e. The first-order valence-electron chi connectivity index (χ1n) is 14.6. The van der Waals surface area contributed by atoms with Gasteiger partial charge in [-0.1, -0.05) is 38.3 Å². The Kier molecular flexibility index (Phi) is 9.32. The predicted molar refractivity (Wildman–Crippen MR) is 138 cm³/mol. The molecule has 212 valence electrons. The van der Waals surface area contributed by atoms with Crippen LogP contribution in [0.1, 0.15) is 84.0 Å². The van der Waals surface area contributed by atoms with E-state index in [1.165, 1.54) is 12.8 Å². The lowest BCUT2D eigenvalue weighted by Gasteiger charge is -2.30. The van der Waals surface area contributed by atoms with E-state index in [-0.39, 0.29) is 43.4 Å². The van der Waals surface area contributed by atoms with Crippen LogP contribution < -0.4 is 0 Å². The molecule has 8 nitrogen and oxygen atoms in total. The van der Waals surface area contributed by atoms with Crippen LogP contribution in [0.3, 0.4) is 0 Å². The zero-order valence-electron chi connectivity index (χ0n) is 22.6. The summed E-state index contributed by atoms with van der Waals surface area (Å²) in [4.78, 5) is 0. The molecule has 0 amide bonds. The Morgan fingerprint density at radius 2 is 1.78 bits per heavy atom. The topological polar surface area (TPSA) is 92.8 Å². The van der Waals surface area contributed by atoms with Gasteiger partial charge in [-0.2, -0.15) is 8.42 Å². The van der Waals surface area contributed by atoms with E-state index in [1.807, 2.05) is 0 Å². The largest absolute Gasteiger partial charge is 0.363 e. The van der Waals surface area contributed by atoms with Crippen molar-refractivity contribution in [2.75, 3.05) is 26.1 Å². The highest BCUT2D eigenvalue weighted by atomic mass is 32.2. The molecule has 3 saturated heterocycles. The molecule has 37 heavy (non-hydrogen) atoms. The second-order valence-electron chi connectivity index (χ2n) is 11.7. The standard InChI is InChI=1S/C28H46O8S/c1-3-4-5-10-20(34-25-11-6-8-15-31-25)13-14-21-23-18-28(19-33-37(2,29)30)27(36-28)22(23)17-24(21)35-26-12-7-9-16-32-26/h13-14,20-27H,3-12,15-19H2,1-2H3/t20-,21-,22-,23+,24+,25?,26?,27?,28?/m0/s1. The molecule has 3 aliphatic heterocycles. The van der Waals surface area contributed by atoms with E-state index in [4.69, 9.17) is 27.9 Å². The Balaban J connectivity index is 1.28. The summed E-state index contributed by atoms with van der Waals surface area (Å²) in [7, 11) is -3.50. The highest BCUT2D eigenvalue weighted by Crippen LogP contribution is 2.63. The summed E-state index contributed by atoms with van der Waals surface area (Å²) in [6.45, 7) is 3.87. The number of hydrogen-bond donors (Lipinski definition) is 0. The van der Waals surface area contributed by atoms with Gasteiger partial charge in [0, 0.05) is 19.1 Å². The molecule has 0 spiro atoms. The molecule has 9 atom stereocenters. The molecule has 0 bridgehead atoms. The van der Waals surface area contributed by atoms with Gasteiger partial charge in [-0.3, -0.25) is 4.18 Å². The molecule has 0 N–H and O–H groups in total. The van der Waals surface area contributed by atoms with Crippen LogP contribution in [-0.2, 0) is 38.0 Å². The van der Waals surface area contributed by atoms with E-state index in [2.05, 4.69) is 19.1 Å². The first-order valence-corrected chi connectivity index (χ1v) is 16.4. The maximum absolute atomic E-state index is 11.6. The van der Waals surface area contributed by atoms with E-state index in [0.717, 1.165) is 83.7 Å². The monoisotopic (exact) mass is 542 g/mol. The second kappa shape index (κ2) is 12.3. The van der Waals surface area contributed by atoms with Crippen molar-refractivity contribution in [1.82, 2.24) is 0 Å².